The van der Waals surface area contributed by atoms with Gasteiger partial charge >= 0.3 is 6.03 Å². The largest absolute Gasteiger partial charge is 0.348 e. The lowest BCUT2D eigenvalue weighted by atomic mass is 10.1. The molecule has 0 bridgehead atoms. The smallest absolute Gasteiger partial charge is 0.332 e. The van der Waals surface area contributed by atoms with Gasteiger partial charge in [0.05, 0.1) is 27.5 Å². The summed E-state index contributed by atoms with van der Waals surface area (Å²) in [6, 6.07) is 21.1. The molecule has 0 aliphatic carbocycles. The first-order chi connectivity index (χ1) is 16.4. The van der Waals surface area contributed by atoms with E-state index in [-0.39, 0.29) is 33.3 Å². The summed E-state index contributed by atoms with van der Waals surface area (Å²) in [6.07, 6.45) is 1.52. The molecule has 0 unspecified atom stereocenters. The number of nitrogens with zero attached hydrogens (tertiary/aromatic N) is 3. The summed E-state index contributed by atoms with van der Waals surface area (Å²) in [7, 11) is 0. The maximum absolute atomic E-state index is 14.1. The molecule has 2 N–H and O–H groups in total. The zero-order chi connectivity index (χ0) is 24.1. The first-order valence-corrected chi connectivity index (χ1v) is 11.1. The number of benzene rings is 3. The number of carbonyl (C=O) groups excluding carboxylic acids is 1. The second kappa shape index (κ2) is 10.5. The summed E-state index contributed by atoms with van der Waals surface area (Å²) in [6.45, 7) is 1.97. The third-order valence-corrected chi connectivity index (χ3v) is 5.61. The second-order valence-electron chi connectivity index (χ2n) is 7.36. The number of nitrogens with one attached hydrogen (secondary N) is 2. The number of rotatable bonds is 6. The SMILES string of the molecule is C[C@H](Nc1nccc(N(C(=O)Nc2c(Cl)cccc2Cl)c2cccc(F)c2)n1)c1ccccc1. The van der Waals surface area contributed by atoms with E-state index < -0.39 is 11.8 Å². The van der Waals surface area contributed by atoms with Gasteiger partial charge in [0.1, 0.15) is 11.6 Å². The Morgan fingerprint density at radius 1 is 0.971 bits per heavy atom. The summed E-state index contributed by atoms with van der Waals surface area (Å²) in [4.78, 5) is 23.4. The topological polar surface area (TPSA) is 70.2 Å². The highest BCUT2D eigenvalue weighted by molar-refractivity contribution is 6.40. The molecule has 9 heteroatoms. The van der Waals surface area contributed by atoms with Gasteiger partial charge in [-0.3, -0.25) is 0 Å². The minimum absolute atomic E-state index is 0.0881. The van der Waals surface area contributed by atoms with Gasteiger partial charge in [0, 0.05) is 12.3 Å². The van der Waals surface area contributed by atoms with Gasteiger partial charge in [-0.1, -0.05) is 65.7 Å². The fourth-order valence-electron chi connectivity index (χ4n) is 3.31. The molecular weight excluding hydrogens is 476 g/mol. The standard InChI is InChI=1S/C25H20Cl2FN5O/c1-16(17-7-3-2-4-8-17)30-24-29-14-13-22(31-24)33(19-10-5-9-18(28)15-19)25(34)32-23-20(26)11-6-12-21(23)27/h2-16H,1H3,(H,32,34)(H,29,30,31)/t16-/m0/s1. The molecule has 0 spiro atoms. The fourth-order valence-corrected chi connectivity index (χ4v) is 3.80. The number of hydrogen-bond donors (Lipinski definition) is 2. The van der Waals surface area contributed by atoms with Crippen molar-refractivity contribution >= 4 is 52.4 Å². The highest BCUT2D eigenvalue weighted by atomic mass is 35.5. The second-order valence-corrected chi connectivity index (χ2v) is 8.17. The Labute approximate surface area is 206 Å². The molecular formula is C25H20Cl2FN5O. The number of anilines is 4. The summed E-state index contributed by atoms with van der Waals surface area (Å²) in [5.41, 5.74) is 1.55. The zero-order valence-corrected chi connectivity index (χ0v) is 19.6. The van der Waals surface area contributed by atoms with Crippen LogP contribution in [0.5, 0.6) is 0 Å². The number of hydrogen-bond acceptors (Lipinski definition) is 4. The van der Waals surface area contributed by atoms with Crippen LogP contribution < -0.4 is 15.5 Å². The summed E-state index contributed by atoms with van der Waals surface area (Å²) >= 11 is 12.4. The molecule has 4 rings (SSSR count). The van der Waals surface area contributed by atoms with Gasteiger partial charge in [0.25, 0.3) is 0 Å². The third kappa shape index (κ3) is 5.44. The van der Waals surface area contributed by atoms with E-state index >= 15 is 0 Å². The van der Waals surface area contributed by atoms with Crippen molar-refractivity contribution in [2.24, 2.45) is 0 Å². The van der Waals surface area contributed by atoms with Crippen LogP contribution in [0.3, 0.4) is 0 Å². The molecule has 6 nitrogen and oxygen atoms in total. The number of para-hydroxylation sites is 1. The maximum atomic E-state index is 14.1. The van der Waals surface area contributed by atoms with Crippen molar-refractivity contribution in [3.8, 4) is 0 Å². The minimum atomic E-state index is -0.624. The van der Waals surface area contributed by atoms with Gasteiger partial charge in [-0.25, -0.2) is 19.1 Å². The average Bonchev–Trinajstić information content (AvgIpc) is 2.83. The van der Waals surface area contributed by atoms with Crippen LogP contribution in [0.15, 0.2) is 85.1 Å². The molecule has 4 aromatic rings. The van der Waals surface area contributed by atoms with Crippen LogP contribution in [0.25, 0.3) is 0 Å². The van der Waals surface area contributed by atoms with Crippen LogP contribution in [-0.4, -0.2) is 16.0 Å². The Morgan fingerprint density at radius 3 is 2.38 bits per heavy atom. The van der Waals surface area contributed by atoms with E-state index in [4.69, 9.17) is 23.2 Å². The number of carbonyl (C=O) groups is 1. The van der Waals surface area contributed by atoms with Crippen LogP contribution in [0.2, 0.25) is 10.0 Å². The molecule has 0 aliphatic rings. The number of halogens is 3. The highest BCUT2D eigenvalue weighted by Gasteiger charge is 2.23. The average molecular weight is 496 g/mol. The Hall–Kier alpha value is -3.68. The molecule has 0 saturated carbocycles. The monoisotopic (exact) mass is 495 g/mol. The normalized spacial score (nSPS) is 11.5. The van der Waals surface area contributed by atoms with Crippen molar-refractivity contribution in [3.05, 3.63) is 106 Å². The lowest BCUT2D eigenvalue weighted by Crippen LogP contribution is -2.32. The number of amides is 2. The van der Waals surface area contributed by atoms with Gasteiger partial charge in [-0.2, -0.15) is 4.98 Å². The Bertz CT molecular complexity index is 1290. The van der Waals surface area contributed by atoms with E-state index in [0.717, 1.165) is 5.56 Å². The maximum Gasteiger partial charge on any atom is 0.332 e. The molecule has 1 atom stereocenters. The van der Waals surface area contributed by atoms with Crippen LogP contribution in [0.4, 0.5) is 32.3 Å². The van der Waals surface area contributed by atoms with E-state index in [9.17, 15) is 9.18 Å². The fraction of sp³-hybridized carbons (Fsp3) is 0.0800. The summed E-state index contributed by atoms with van der Waals surface area (Å²) < 4.78 is 14.1. The van der Waals surface area contributed by atoms with Crippen molar-refractivity contribution < 1.29 is 9.18 Å². The molecule has 3 aromatic carbocycles. The molecule has 0 saturated heterocycles. The molecule has 1 aromatic heterocycles. The van der Waals surface area contributed by atoms with E-state index in [2.05, 4.69) is 20.6 Å². The number of urea groups is 1. The van der Waals surface area contributed by atoms with E-state index in [1.165, 1.54) is 29.3 Å². The van der Waals surface area contributed by atoms with Crippen LogP contribution in [0.1, 0.15) is 18.5 Å². The molecule has 2 amide bonds. The van der Waals surface area contributed by atoms with Gasteiger partial charge in [0.2, 0.25) is 5.95 Å². The summed E-state index contributed by atoms with van der Waals surface area (Å²) in [5, 5.41) is 6.46. The molecule has 0 radical (unpaired) electrons. The van der Waals surface area contributed by atoms with Gasteiger partial charge in [-0.15, -0.1) is 0 Å². The predicted octanol–water partition coefficient (Wildman–Crippen LogP) is 7.47. The lowest BCUT2D eigenvalue weighted by molar-refractivity contribution is 0.259. The van der Waals surface area contributed by atoms with Crippen molar-refractivity contribution in [3.63, 3.8) is 0 Å². The molecule has 1 heterocycles. The first kappa shape index (κ1) is 23.5. The van der Waals surface area contributed by atoms with Crippen molar-refractivity contribution in [1.29, 1.82) is 0 Å². The van der Waals surface area contributed by atoms with E-state index in [1.807, 2.05) is 37.3 Å². The lowest BCUT2D eigenvalue weighted by Gasteiger charge is -2.24. The van der Waals surface area contributed by atoms with Gasteiger partial charge in [-0.05, 0) is 42.8 Å². The zero-order valence-electron chi connectivity index (χ0n) is 18.0. The Balaban J connectivity index is 1.68. The van der Waals surface area contributed by atoms with Gasteiger partial charge in [0.15, 0.2) is 0 Å². The molecule has 0 aliphatic heterocycles. The van der Waals surface area contributed by atoms with Crippen molar-refractivity contribution in [1.82, 2.24) is 9.97 Å². The first-order valence-electron chi connectivity index (χ1n) is 10.4. The molecule has 0 fully saturated rings. The highest BCUT2D eigenvalue weighted by Crippen LogP contribution is 2.32. The van der Waals surface area contributed by atoms with E-state index in [1.54, 1.807) is 30.3 Å². The Morgan fingerprint density at radius 2 is 1.68 bits per heavy atom. The quantitative estimate of drug-likeness (QED) is 0.291. The third-order valence-electron chi connectivity index (χ3n) is 4.98. The molecule has 172 valence electrons. The van der Waals surface area contributed by atoms with Gasteiger partial charge < -0.3 is 10.6 Å². The van der Waals surface area contributed by atoms with Crippen molar-refractivity contribution in [2.75, 3.05) is 15.5 Å². The Kier molecular flexibility index (Phi) is 7.25. The van der Waals surface area contributed by atoms with Crippen LogP contribution >= 0.6 is 23.2 Å². The molecule has 34 heavy (non-hydrogen) atoms. The van der Waals surface area contributed by atoms with Crippen LogP contribution in [0, 0.1) is 5.82 Å². The van der Waals surface area contributed by atoms with E-state index in [0.29, 0.717) is 5.95 Å². The minimum Gasteiger partial charge on any atom is -0.348 e. The number of aromatic nitrogens is 2. The predicted molar refractivity (Wildman–Crippen MR) is 135 cm³/mol. The summed E-state index contributed by atoms with van der Waals surface area (Å²) in [5.74, 6) is 0.0269. The van der Waals surface area contributed by atoms with Crippen molar-refractivity contribution in [2.45, 2.75) is 13.0 Å². The van der Waals surface area contributed by atoms with Crippen LogP contribution in [-0.2, 0) is 0 Å².